The molecule has 0 aromatic rings. The normalized spacial score (nSPS) is 12.7. The highest BCUT2D eigenvalue weighted by Gasteiger charge is 2.18. The molecule has 3 N–H and O–H groups in total. The van der Waals surface area contributed by atoms with Crippen LogP contribution in [0.3, 0.4) is 0 Å². The summed E-state index contributed by atoms with van der Waals surface area (Å²) in [5.74, 6) is -0.0558. The van der Waals surface area contributed by atoms with Gasteiger partial charge in [-0.2, -0.15) is 0 Å². The Bertz CT molecular complexity index is 1060. The number of unbranched alkanes of at least 4 members (excludes halogenated alkanes) is 44. The lowest BCUT2D eigenvalue weighted by atomic mass is 10.0. The van der Waals surface area contributed by atoms with Crippen molar-refractivity contribution in [3.63, 3.8) is 0 Å². The lowest BCUT2D eigenvalue weighted by Gasteiger charge is -2.20. The molecule has 0 aromatic heterocycles. The lowest BCUT2D eigenvalue weighted by molar-refractivity contribution is -0.143. The molecule has 0 rings (SSSR count). The van der Waals surface area contributed by atoms with Gasteiger partial charge in [0.2, 0.25) is 5.91 Å². The van der Waals surface area contributed by atoms with Crippen molar-refractivity contribution in [3.8, 4) is 0 Å². The van der Waals surface area contributed by atoms with Gasteiger partial charge in [-0.1, -0.05) is 289 Å². The predicted octanol–water partition coefficient (Wildman–Crippen LogP) is 19.0. The second-order valence-electron chi connectivity index (χ2n) is 21.0. The zero-order valence-electron chi connectivity index (χ0n) is 45.9. The number of nitrogens with one attached hydrogen (secondary N) is 1. The van der Waals surface area contributed by atoms with E-state index >= 15 is 0 Å². The van der Waals surface area contributed by atoms with Crippen molar-refractivity contribution < 1.29 is 24.5 Å². The fourth-order valence-corrected chi connectivity index (χ4v) is 9.51. The Hall–Kier alpha value is -1.66. The van der Waals surface area contributed by atoms with Crippen molar-refractivity contribution in [1.82, 2.24) is 5.32 Å². The molecule has 6 heteroatoms. The van der Waals surface area contributed by atoms with Crippen LogP contribution in [0.15, 0.2) is 24.3 Å². The lowest BCUT2D eigenvalue weighted by Crippen LogP contribution is -2.45. The third-order valence-corrected chi connectivity index (χ3v) is 14.2. The standard InChI is InChI=1S/C62H119NO5/c1-3-5-7-9-11-13-14-15-16-17-23-27-30-33-36-40-44-48-52-56-62(67)68-57-53-49-45-41-37-34-31-28-25-22-20-18-19-21-24-26-29-32-35-39-43-47-51-55-61(66)63-59(58-64)60(65)54-50-46-42-38-12-10-8-6-4-2/h15-16,50,54,59-60,64-65H,3-14,17-49,51-53,55-58H2,1-2H3,(H,63,66)/b16-15-,54-50+. The van der Waals surface area contributed by atoms with Gasteiger partial charge < -0.3 is 20.3 Å². The van der Waals surface area contributed by atoms with E-state index in [4.69, 9.17) is 4.74 Å². The van der Waals surface area contributed by atoms with Crippen LogP contribution in [0.25, 0.3) is 0 Å². The number of carbonyl (C=O) groups is 2. The van der Waals surface area contributed by atoms with E-state index in [1.54, 1.807) is 6.08 Å². The number of hydrogen-bond acceptors (Lipinski definition) is 5. The van der Waals surface area contributed by atoms with Crippen molar-refractivity contribution in [3.05, 3.63) is 24.3 Å². The van der Waals surface area contributed by atoms with Gasteiger partial charge in [0.05, 0.1) is 25.4 Å². The fraction of sp³-hybridized carbons (Fsp3) is 0.903. The number of aliphatic hydroxyl groups is 2. The number of allylic oxidation sites excluding steroid dienone is 3. The van der Waals surface area contributed by atoms with Crippen LogP contribution in [0.4, 0.5) is 0 Å². The van der Waals surface area contributed by atoms with E-state index in [9.17, 15) is 19.8 Å². The van der Waals surface area contributed by atoms with E-state index < -0.39 is 12.1 Å². The highest BCUT2D eigenvalue weighted by molar-refractivity contribution is 5.76. The van der Waals surface area contributed by atoms with Gasteiger partial charge >= 0.3 is 5.97 Å². The number of rotatable bonds is 57. The predicted molar refractivity (Wildman–Crippen MR) is 296 cm³/mol. The number of hydrogen-bond donors (Lipinski definition) is 3. The molecule has 6 nitrogen and oxygen atoms in total. The van der Waals surface area contributed by atoms with E-state index in [1.807, 2.05) is 6.08 Å². The van der Waals surface area contributed by atoms with Gasteiger partial charge in [-0.3, -0.25) is 9.59 Å². The molecule has 68 heavy (non-hydrogen) atoms. The van der Waals surface area contributed by atoms with Crippen molar-refractivity contribution in [1.29, 1.82) is 0 Å². The molecule has 0 aliphatic carbocycles. The first-order valence-electron chi connectivity index (χ1n) is 30.6. The average Bonchev–Trinajstić information content (AvgIpc) is 3.34. The van der Waals surface area contributed by atoms with Crippen molar-refractivity contribution in [2.24, 2.45) is 0 Å². The molecule has 0 fully saturated rings. The molecule has 0 radical (unpaired) electrons. The number of aliphatic hydroxyl groups excluding tert-OH is 2. The minimum absolute atomic E-state index is 0.0135. The third kappa shape index (κ3) is 53.7. The maximum Gasteiger partial charge on any atom is 0.305 e. The minimum Gasteiger partial charge on any atom is -0.466 e. The number of amides is 1. The largest absolute Gasteiger partial charge is 0.466 e. The maximum absolute atomic E-state index is 12.4. The van der Waals surface area contributed by atoms with Crippen LogP contribution in [0, 0.1) is 0 Å². The summed E-state index contributed by atoms with van der Waals surface area (Å²) in [5.41, 5.74) is 0. The summed E-state index contributed by atoms with van der Waals surface area (Å²) in [4.78, 5) is 24.5. The Morgan fingerprint density at radius 3 is 1.04 bits per heavy atom. The Kier molecular flexibility index (Phi) is 56.5. The summed E-state index contributed by atoms with van der Waals surface area (Å²) < 4.78 is 5.50. The molecule has 0 saturated carbocycles. The first-order chi connectivity index (χ1) is 33.5. The van der Waals surface area contributed by atoms with Crippen molar-refractivity contribution in [2.75, 3.05) is 13.2 Å². The van der Waals surface area contributed by atoms with E-state index in [-0.39, 0.29) is 18.5 Å². The van der Waals surface area contributed by atoms with Crippen LogP contribution in [0.2, 0.25) is 0 Å². The molecule has 0 aromatic carbocycles. The van der Waals surface area contributed by atoms with Crippen LogP contribution in [-0.2, 0) is 14.3 Å². The minimum atomic E-state index is -0.841. The number of carbonyl (C=O) groups excluding carboxylic acids is 2. The first kappa shape index (κ1) is 66.3. The zero-order chi connectivity index (χ0) is 49.3. The molecular weight excluding hydrogens is 839 g/mol. The molecule has 1 amide bonds. The highest BCUT2D eigenvalue weighted by atomic mass is 16.5. The molecule has 0 saturated heterocycles. The van der Waals surface area contributed by atoms with E-state index in [0.717, 1.165) is 44.9 Å². The van der Waals surface area contributed by atoms with Gasteiger partial charge in [-0.25, -0.2) is 0 Å². The zero-order valence-corrected chi connectivity index (χ0v) is 45.9. The second-order valence-corrected chi connectivity index (χ2v) is 21.0. The molecule has 2 unspecified atom stereocenters. The van der Waals surface area contributed by atoms with Gasteiger partial charge in [-0.05, 0) is 57.8 Å². The first-order valence-corrected chi connectivity index (χ1v) is 30.6. The van der Waals surface area contributed by atoms with Crippen LogP contribution >= 0.6 is 0 Å². The Morgan fingerprint density at radius 2 is 0.691 bits per heavy atom. The molecule has 0 spiro atoms. The topological polar surface area (TPSA) is 95.9 Å². The van der Waals surface area contributed by atoms with E-state index in [0.29, 0.717) is 19.4 Å². The number of ether oxygens (including phenoxy) is 1. The maximum atomic E-state index is 12.4. The third-order valence-electron chi connectivity index (χ3n) is 14.2. The van der Waals surface area contributed by atoms with E-state index in [1.165, 1.54) is 263 Å². The molecule has 0 aliphatic heterocycles. The van der Waals surface area contributed by atoms with Gasteiger partial charge in [0.1, 0.15) is 0 Å². The van der Waals surface area contributed by atoms with E-state index in [2.05, 4.69) is 31.3 Å². The SMILES string of the molecule is CCCCCCCC/C=C\CCCCCCCCCCCC(=O)OCCCCCCCCCCCCCCCCCCCCCCCCCC(=O)NC(CO)C(O)/C=C/CCCCCCCCC. The van der Waals surface area contributed by atoms with Gasteiger partial charge in [0.25, 0.3) is 0 Å². The Balaban J connectivity index is 3.33. The van der Waals surface area contributed by atoms with Crippen LogP contribution in [0.1, 0.15) is 335 Å². The Morgan fingerprint density at radius 1 is 0.397 bits per heavy atom. The summed E-state index contributed by atoms with van der Waals surface area (Å²) in [6.07, 6.45) is 70.9. The quantitative estimate of drug-likeness (QED) is 0.0321. The number of esters is 1. The second kappa shape index (κ2) is 57.9. The fourth-order valence-electron chi connectivity index (χ4n) is 9.51. The van der Waals surface area contributed by atoms with Crippen molar-refractivity contribution >= 4 is 11.9 Å². The van der Waals surface area contributed by atoms with Crippen LogP contribution < -0.4 is 5.32 Å². The Labute approximate surface area is 424 Å². The molecular formula is C62H119NO5. The summed E-state index contributed by atoms with van der Waals surface area (Å²) in [7, 11) is 0. The smallest absolute Gasteiger partial charge is 0.305 e. The van der Waals surface area contributed by atoms with Gasteiger partial charge in [0.15, 0.2) is 0 Å². The molecule has 0 bridgehead atoms. The highest BCUT2D eigenvalue weighted by Crippen LogP contribution is 2.17. The summed E-state index contributed by atoms with van der Waals surface area (Å²) in [6, 6.07) is -0.625. The van der Waals surface area contributed by atoms with Gasteiger partial charge in [0, 0.05) is 12.8 Å². The van der Waals surface area contributed by atoms with Gasteiger partial charge in [-0.15, -0.1) is 0 Å². The van der Waals surface area contributed by atoms with Crippen molar-refractivity contribution in [2.45, 2.75) is 347 Å². The summed E-state index contributed by atoms with van der Waals surface area (Å²) in [5, 5.41) is 22.9. The monoisotopic (exact) mass is 958 g/mol. The van der Waals surface area contributed by atoms with Crippen LogP contribution in [-0.4, -0.2) is 47.4 Å². The average molecular weight is 959 g/mol. The molecule has 402 valence electrons. The molecule has 0 heterocycles. The van der Waals surface area contributed by atoms with Crippen LogP contribution in [0.5, 0.6) is 0 Å². The molecule has 2 atom stereocenters. The molecule has 0 aliphatic rings. The summed E-state index contributed by atoms with van der Waals surface area (Å²) in [6.45, 7) is 4.89. The summed E-state index contributed by atoms with van der Waals surface area (Å²) >= 11 is 0.